The smallest absolute Gasteiger partial charge is 0.263 e. The molecule has 114 valence electrons. The Morgan fingerprint density at radius 3 is 2.62 bits per heavy atom. The van der Waals surface area contributed by atoms with Crippen LogP contribution in [0.1, 0.15) is 48.8 Å². The van der Waals surface area contributed by atoms with Gasteiger partial charge in [-0.05, 0) is 38.2 Å². The summed E-state index contributed by atoms with van der Waals surface area (Å²) in [4.78, 5) is 13.1. The van der Waals surface area contributed by atoms with E-state index in [1.165, 1.54) is 11.3 Å². The van der Waals surface area contributed by atoms with E-state index in [0.29, 0.717) is 16.5 Å². The Balaban J connectivity index is 2.16. The van der Waals surface area contributed by atoms with E-state index in [1.54, 1.807) is 0 Å². The predicted octanol–water partition coefficient (Wildman–Crippen LogP) is 4.35. The molecule has 1 heterocycles. The first-order valence-electron chi connectivity index (χ1n) is 7.48. The van der Waals surface area contributed by atoms with Crippen molar-refractivity contribution < 1.29 is 4.79 Å². The number of nitrogens with one attached hydrogen (secondary N) is 1. The monoisotopic (exact) mass is 304 g/mol. The van der Waals surface area contributed by atoms with Crippen LogP contribution in [0.3, 0.4) is 0 Å². The van der Waals surface area contributed by atoms with Crippen LogP contribution in [0.2, 0.25) is 0 Å². The van der Waals surface area contributed by atoms with Gasteiger partial charge < -0.3 is 11.1 Å². The molecule has 3 nitrogen and oxygen atoms in total. The molecular formula is C17H24N2OS. The average molecular weight is 304 g/mol. The molecule has 0 radical (unpaired) electrons. The van der Waals surface area contributed by atoms with Crippen LogP contribution >= 0.6 is 11.3 Å². The molecule has 21 heavy (non-hydrogen) atoms. The summed E-state index contributed by atoms with van der Waals surface area (Å²) >= 11 is 1.49. The van der Waals surface area contributed by atoms with E-state index >= 15 is 0 Å². The number of hydrogen-bond acceptors (Lipinski definition) is 3. The first kappa shape index (κ1) is 15.8. The molecule has 1 unspecified atom stereocenters. The minimum atomic E-state index is -0.0515. The van der Waals surface area contributed by atoms with Gasteiger partial charge in [-0.2, -0.15) is 0 Å². The zero-order valence-corrected chi connectivity index (χ0v) is 14.0. The summed E-state index contributed by atoms with van der Waals surface area (Å²) in [6.07, 6.45) is 2.11. The van der Waals surface area contributed by atoms with Crippen LogP contribution < -0.4 is 11.1 Å². The number of rotatable bonds is 5. The van der Waals surface area contributed by atoms with Gasteiger partial charge in [0.2, 0.25) is 0 Å². The highest BCUT2D eigenvalue weighted by molar-refractivity contribution is 7.21. The van der Waals surface area contributed by atoms with Gasteiger partial charge in [0.05, 0.1) is 5.69 Å². The molecule has 0 bridgehead atoms. The van der Waals surface area contributed by atoms with Gasteiger partial charge in [0.1, 0.15) is 4.88 Å². The topological polar surface area (TPSA) is 55.1 Å². The number of anilines is 1. The van der Waals surface area contributed by atoms with E-state index in [2.05, 4.69) is 26.1 Å². The van der Waals surface area contributed by atoms with Gasteiger partial charge in [-0.1, -0.05) is 32.0 Å². The van der Waals surface area contributed by atoms with E-state index in [-0.39, 0.29) is 11.9 Å². The molecule has 1 amide bonds. The fraction of sp³-hybridized carbons (Fsp3) is 0.471. The Morgan fingerprint density at radius 2 is 2.00 bits per heavy atom. The van der Waals surface area contributed by atoms with Gasteiger partial charge in [-0.25, -0.2) is 0 Å². The van der Waals surface area contributed by atoms with Crippen molar-refractivity contribution in [2.75, 3.05) is 5.73 Å². The molecule has 0 spiro atoms. The number of carbonyl (C=O) groups is 1. The average Bonchev–Trinajstić information content (AvgIpc) is 2.76. The molecule has 0 saturated heterocycles. The van der Waals surface area contributed by atoms with Crippen molar-refractivity contribution in [2.45, 2.75) is 46.6 Å². The molecule has 1 aromatic carbocycles. The number of amides is 1. The van der Waals surface area contributed by atoms with Gasteiger partial charge in [0.15, 0.2) is 0 Å². The zero-order chi connectivity index (χ0) is 15.6. The lowest BCUT2D eigenvalue weighted by atomic mass is 10.0. The van der Waals surface area contributed by atoms with Gasteiger partial charge in [0.25, 0.3) is 5.91 Å². The standard InChI is InChI=1S/C17H24N2OS/c1-10(2)8-9-12(4)19-17(20)16-14(18)13-7-5-6-11(3)15(13)21-16/h5-7,10,12H,8-9,18H2,1-4H3,(H,19,20). The van der Waals surface area contributed by atoms with E-state index < -0.39 is 0 Å². The van der Waals surface area contributed by atoms with Crippen molar-refractivity contribution in [3.05, 3.63) is 28.6 Å². The van der Waals surface area contributed by atoms with Crippen LogP contribution in [-0.4, -0.2) is 11.9 Å². The summed E-state index contributed by atoms with van der Waals surface area (Å²) in [5.74, 6) is 0.603. The minimum absolute atomic E-state index is 0.0515. The number of thiophene rings is 1. The number of nitrogen functional groups attached to an aromatic ring is 1. The van der Waals surface area contributed by atoms with E-state index in [4.69, 9.17) is 5.73 Å². The maximum Gasteiger partial charge on any atom is 0.263 e. The predicted molar refractivity (Wildman–Crippen MR) is 92.0 cm³/mol. The van der Waals surface area contributed by atoms with E-state index in [0.717, 1.165) is 28.5 Å². The van der Waals surface area contributed by atoms with E-state index in [9.17, 15) is 4.79 Å². The summed E-state index contributed by atoms with van der Waals surface area (Å²) in [5.41, 5.74) is 7.92. The maximum atomic E-state index is 12.4. The molecule has 3 N–H and O–H groups in total. The van der Waals surface area contributed by atoms with Gasteiger partial charge in [-0.3, -0.25) is 4.79 Å². The van der Waals surface area contributed by atoms with Crippen molar-refractivity contribution in [3.8, 4) is 0 Å². The third-order valence-electron chi connectivity index (χ3n) is 3.71. The van der Waals surface area contributed by atoms with E-state index in [1.807, 2.05) is 25.1 Å². The van der Waals surface area contributed by atoms with Crippen molar-refractivity contribution in [1.29, 1.82) is 0 Å². The lowest BCUT2D eigenvalue weighted by molar-refractivity contribution is 0.0942. The Labute approximate surface area is 130 Å². The number of carbonyl (C=O) groups excluding carboxylic acids is 1. The normalized spacial score (nSPS) is 12.8. The van der Waals surface area contributed by atoms with Crippen LogP contribution in [0.4, 0.5) is 5.69 Å². The third kappa shape index (κ3) is 3.56. The Hall–Kier alpha value is -1.55. The van der Waals surface area contributed by atoms with Crippen molar-refractivity contribution in [2.24, 2.45) is 5.92 Å². The van der Waals surface area contributed by atoms with Crippen LogP contribution in [0.15, 0.2) is 18.2 Å². The second-order valence-corrected chi connectivity index (χ2v) is 7.16. The summed E-state index contributed by atoms with van der Waals surface area (Å²) in [5, 5.41) is 4.05. The molecule has 0 aliphatic carbocycles. The number of benzene rings is 1. The summed E-state index contributed by atoms with van der Waals surface area (Å²) in [6, 6.07) is 6.18. The van der Waals surface area contributed by atoms with Crippen LogP contribution in [0.25, 0.3) is 10.1 Å². The van der Waals surface area contributed by atoms with Crippen molar-refractivity contribution >= 4 is 33.0 Å². The highest BCUT2D eigenvalue weighted by Gasteiger charge is 2.18. The Kier molecular flexibility index (Phi) is 4.88. The van der Waals surface area contributed by atoms with Crippen molar-refractivity contribution in [1.82, 2.24) is 5.32 Å². The zero-order valence-electron chi connectivity index (χ0n) is 13.2. The van der Waals surface area contributed by atoms with Crippen LogP contribution in [0.5, 0.6) is 0 Å². The highest BCUT2D eigenvalue weighted by atomic mass is 32.1. The molecule has 2 rings (SSSR count). The lowest BCUT2D eigenvalue weighted by Crippen LogP contribution is -2.32. The summed E-state index contributed by atoms with van der Waals surface area (Å²) in [6.45, 7) is 8.49. The molecule has 0 aliphatic rings. The van der Waals surface area contributed by atoms with Gasteiger partial charge >= 0.3 is 0 Å². The Morgan fingerprint density at radius 1 is 1.29 bits per heavy atom. The molecule has 1 atom stereocenters. The fourth-order valence-electron chi connectivity index (χ4n) is 2.39. The molecule has 2 aromatic rings. The molecule has 0 aliphatic heterocycles. The maximum absolute atomic E-state index is 12.4. The number of hydrogen-bond donors (Lipinski definition) is 2. The van der Waals surface area contributed by atoms with Gasteiger partial charge in [-0.15, -0.1) is 11.3 Å². The first-order chi connectivity index (χ1) is 9.90. The second-order valence-electron chi connectivity index (χ2n) is 6.14. The van der Waals surface area contributed by atoms with Crippen molar-refractivity contribution in [3.63, 3.8) is 0 Å². The third-order valence-corrected chi connectivity index (χ3v) is 5.07. The lowest BCUT2D eigenvalue weighted by Gasteiger charge is -2.14. The largest absolute Gasteiger partial charge is 0.397 e. The summed E-state index contributed by atoms with van der Waals surface area (Å²) < 4.78 is 1.11. The number of aryl methyl sites for hydroxylation is 1. The quantitative estimate of drug-likeness (QED) is 0.863. The molecule has 1 aromatic heterocycles. The number of fused-ring (bicyclic) bond motifs is 1. The molecule has 0 saturated carbocycles. The molecular weight excluding hydrogens is 280 g/mol. The second kappa shape index (κ2) is 6.48. The highest BCUT2D eigenvalue weighted by Crippen LogP contribution is 2.35. The SMILES string of the molecule is Cc1cccc2c(N)c(C(=O)NC(C)CCC(C)C)sc12. The minimum Gasteiger partial charge on any atom is -0.397 e. The summed E-state index contributed by atoms with van der Waals surface area (Å²) in [7, 11) is 0. The van der Waals surface area contributed by atoms with Gasteiger partial charge in [0, 0.05) is 16.1 Å². The molecule has 4 heteroatoms. The Bertz CT molecular complexity index is 646. The molecule has 0 fully saturated rings. The number of nitrogens with two attached hydrogens (primary N) is 1. The first-order valence-corrected chi connectivity index (χ1v) is 8.30. The van der Waals surface area contributed by atoms with Crippen LogP contribution in [-0.2, 0) is 0 Å². The fourth-order valence-corrected chi connectivity index (χ4v) is 3.49. The van der Waals surface area contributed by atoms with Crippen LogP contribution in [0, 0.1) is 12.8 Å².